The maximum Gasteiger partial charge on any atom is 0.251 e. The van der Waals surface area contributed by atoms with E-state index in [9.17, 15) is 9.59 Å². The third-order valence-corrected chi connectivity index (χ3v) is 5.08. The number of rotatable bonds is 4. The first-order valence-corrected chi connectivity index (χ1v) is 8.66. The Morgan fingerprint density at radius 2 is 1.83 bits per heavy atom. The number of hydrogen-bond donors (Lipinski definition) is 1. The van der Waals surface area contributed by atoms with Crippen LogP contribution < -0.4 is 4.90 Å². The lowest BCUT2D eigenvalue weighted by atomic mass is 10.1. The first-order valence-electron chi connectivity index (χ1n) is 7.90. The second-order valence-electron chi connectivity index (χ2n) is 5.98. The number of halogens is 2. The number of aliphatic hydroxyl groups excluding tert-OH is 1. The Hall–Kier alpha value is -1.18. The van der Waals surface area contributed by atoms with Gasteiger partial charge in [0.05, 0.1) is 29.8 Å². The second kappa shape index (κ2) is 7.37. The van der Waals surface area contributed by atoms with Crippen LogP contribution in [0.1, 0.15) is 6.42 Å². The van der Waals surface area contributed by atoms with Gasteiger partial charge >= 0.3 is 0 Å². The lowest BCUT2D eigenvalue weighted by Crippen LogP contribution is -2.53. The molecule has 1 N–H and O–H groups in total. The van der Waals surface area contributed by atoms with Gasteiger partial charge in [0.25, 0.3) is 5.91 Å². The van der Waals surface area contributed by atoms with Crippen molar-refractivity contribution in [3.05, 3.63) is 28.2 Å². The van der Waals surface area contributed by atoms with Crippen LogP contribution in [0.4, 0.5) is 5.69 Å². The Morgan fingerprint density at radius 3 is 2.46 bits per heavy atom. The molecule has 0 saturated carbocycles. The number of imide groups is 1. The summed E-state index contributed by atoms with van der Waals surface area (Å²) < 4.78 is 0. The third-order valence-electron chi connectivity index (χ3n) is 4.54. The Labute approximate surface area is 150 Å². The van der Waals surface area contributed by atoms with E-state index in [2.05, 4.69) is 4.90 Å². The van der Waals surface area contributed by atoms with Gasteiger partial charge in [0, 0.05) is 37.7 Å². The van der Waals surface area contributed by atoms with E-state index >= 15 is 0 Å². The summed E-state index contributed by atoms with van der Waals surface area (Å²) in [5.74, 6) is -0.480. The summed E-state index contributed by atoms with van der Waals surface area (Å²) >= 11 is 12.0. The van der Waals surface area contributed by atoms with Crippen molar-refractivity contribution < 1.29 is 14.7 Å². The number of piperazine rings is 1. The zero-order valence-electron chi connectivity index (χ0n) is 13.1. The smallest absolute Gasteiger partial charge is 0.251 e. The number of benzene rings is 1. The van der Waals surface area contributed by atoms with E-state index in [1.807, 2.05) is 4.90 Å². The molecule has 2 fully saturated rings. The highest BCUT2D eigenvalue weighted by Crippen LogP contribution is 2.33. The average Bonchev–Trinajstić information content (AvgIpc) is 2.84. The van der Waals surface area contributed by atoms with Gasteiger partial charge in [-0.2, -0.15) is 0 Å². The molecule has 24 heavy (non-hydrogen) atoms. The highest BCUT2D eigenvalue weighted by molar-refractivity contribution is 6.38. The lowest BCUT2D eigenvalue weighted by molar-refractivity contribution is -0.123. The quantitative estimate of drug-likeness (QED) is 0.806. The summed E-state index contributed by atoms with van der Waals surface area (Å²) in [6.45, 7) is 3.72. The molecule has 3 rings (SSSR count). The fourth-order valence-electron chi connectivity index (χ4n) is 3.26. The van der Waals surface area contributed by atoms with Gasteiger partial charge in [-0.15, -0.1) is 0 Å². The van der Waals surface area contributed by atoms with Gasteiger partial charge in [0.1, 0.15) is 0 Å². The second-order valence-corrected chi connectivity index (χ2v) is 6.83. The number of carbonyl (C=O) groups excluding carboxylic acids is 2. The molecule has 2 aliphatic heterocycles. The SMILES string of the molecule is O=C1C[C@@H](N2CCN(CCO)CC2)C(=O)N1c1ccc(Cl)cc1Cl. The number of carbonyl (C=O) groups is 2. The standard InChI is InChI=1S/C16H19Cl2N3O3/c17-11-1-2-13(12(18)9-11)21-15(23)10-14(16(21)24)20-5-3-19(4-6-20)7-8-22/h1-2,9,14,22H,3-8,10H2/t14-/m1/s1. The van der Waals surface area contributed by atoms with Gasteiger partial charge in [-0.05, 0) is 18.2 Å². The zero-order chi connectivity index (χ0) is 17.3. The molecular formula is C16H19Cl2N3O3. The molecule has 1 aromatic rings. The summed E-state index contributed by atoms with van der Waals surface area (Å²) in [6.07, 6.45) is 0.164. The Morgan fingerprint density at radius 1 is 1.12 bits per heavy atom. The zero-order valence-corrected chi connectivity index (χ0v) is 14.6. The largest absolute Gasteiger partial charge is 0.395 e. The summed E-state index contributed by atoms with van der Waals surface area (Å²) in [7, 11) is 0. The molecule has 0 aliphatic carbocycles. The molecule has 130 valence electrons. The Balaban J connectivity index is 1.73. The maximum absolute atomic E-state index is 12.8. The summed E-state index contributed by atoms with van der Waals surface area (Å²) in [4.78, 5) is 30.5. The van der Waals surface area contributed by atoms with Crippen LogP contribution in [0.2, 0.25) is 10.0 Å². The molecular weight excluding hydrogens is 353 g/mol. The topological polar surface area (TPSA) is 64.1 Å². The Kier molecular flexibility index (Phi) is 5.42. The van der Waals surface area contributed by atoms with Crippen LogP contribution in [0.15, 0.2) is 18.2 Å². The van der Waals surface area contributed by atoms with E-state index in [0.29, 0.717) is 30.3 Å². The first-order chi connectivity index (χ1) is 11.5. The molecule has 2 saturated heterocycles. The molecule has 2 aliphatic rings. The van der Waals surface area contributed by atoms with Crippen molar-refractivity contribution in [3.8, 4) is 0 Å². The van der Waals surface area contributed by atoms with Crippen molar-refractivity contribution in [1.29, 1.82) is 0 Å². The van der Waals surface area contributed by atoms with E-state index in [1.54, 1.807) is 12.1 Å². The normalized spacial score (nSPS) is 23.3. The van der Waals surface area contributed by atoms with E-state index in [-0.39, 0.29) is 29.9 Å². The van der Waals surface area contributed by atoms with Gasteiger partial charge in [0.2, 0.25) is 5.91 Å². The predicted octanol–water partition coefficient (Wildman–Crippen LogP) is 1.24. The minimum atomic E-state index is -0.444. The lowest BCUT2D eigenvalue weighted by Gasteiger charge is -2.36. The number of anilines is 1. The van der Waals surface area contributed by atoms with Crippen LogP contribution in [0.25, 0.3) is 0 Å². The predicted molar refractivity (Wildman–Crippen MR) is 92.5 cm³/mol. The fraction of sp³-hybridized carbons (Fsp3) is 0.500. The van der Waals surface area contributed by atoms with Crippen LogP contribution in [-0.4, -0.2) is 72.1 Å². The fourth-order valence-corrected chi connectivity index (χ4v) is 3.75. The number of hydrogen-bond acceptors (Lipinski definition) is 5. The third kappa shape index (κ3) is 3.43. The molecule has 0 bridgehead atoms. The average molecular weight is 372 g/mol. The van der Waals surface area contributed by atoms with Crippen LogP contribution in [0.3, 0.4) is 0 Å². The number of aliphatic hydroxyl groups is 1. The van der Waals surface area contributed by atoms with Crippen LogP contribution in [-0.2, 0) is 9.59 Å². The molecule has 0 unspecified atom stereocenters. The van der Waals surface area contributed by atoms with Gasteiger partial charge < -0.3 is 5.11 Å². The molecule has 2 heterocycles. The molecule has 2 amide bonds. The van der Waals surface area contributed by atoms with Gasteiger partial charge in [-0.3, -0.25) is 19.4 Å². The molecule has 0 radical (unpaired) electrons. The molecule has 8 heteroatoms. The summed E-state index contributed by atoms with van der Waals surface area (Å²) in [6, 6.07) is 4.30. The molecule has 0 spiro atoms. The van der Waals surface area contributed by atoms with E-state index < -0.39 is 6.04 Å². The molecule has 1 aromatic carbocycles. The van der Waals surface area contributed by atoms with Crippen molar-refractivity contribution >= 4 is 40.7 Å². The maximum atomic E-state index is 12.8. The van der Waals surface area contributed by atoms with Crippen LogP contribution in [0.5, 0.6) is 0 Å². The molecule has 6 nitrogen and oxygen atoms in total. The van der Waals surface area contributed by atoms with Gasteiger partial charge in [-0.1, -0.05) is 23.2 Å². The van der Waals surface area contributed by atoms with Crippen molar-refractivity contribution in [2.75, 3.05) is 44.2 Å². The first kappa shape index (κ1) is 17.6. The number of β-amino-alcohol motifs (C(OH)–C–C–N with tert-alkyl or cyclic N) is 1. The highest BCUT2D eigenvalue weighted by atomic mass is 35.5. The number of amides is 2. The minimum Gasteiger partial charge on any atom is -0.395 e. The van der Waals surface area contributed by atoms with Crippen LogP contribution in [0, 0.1) is 0 Å². The number of nitrogens with zero attached hydrogens (tertiary/aromatic N) is 3. The van der Waals surface area contributed by atoms with Gasteiger partial charge in [0.15, 0.2) is 0 Å². The van der Waals surface area contributed by atoms with Crippen molar-refractivity contribution in [1.82, 2.24) is 9.80 Å². The summed E-state index contributed by atoms with van der Waals surface area (Å²) in [5, 5.41) is 9.74. The van der Waals surface area contributed by atoms with Gasteiger partial charge in [-0.25, -0.2) is 4.90 Å². The van der Waals surface area contributed by atoms with Crippen molar-refractivity contribution in [2.45, 2.75) is 12.5 Å². The Bertz CT molecular complexity index is 647. The minimum absolute atomic E-state index is 0.129. The highest BCUT2D eigenvalue weighted by Gasteiger charge is 2.43. The summed E-state index contributed by atoms with van der Waals surface area (Å²) in [5.41, 5.74) is 0.387. The van der Waals surface area contributed by atoms with Crippen molar-refractivity contribution in [2.24, 2.45) is 0 Å². The van der Waals surface area contributed by atoms with E-state index in [1.165, 1.54) is 11.0 Å². The molecule has 1 atom stereocenters. The molecule has 0 aromatic heterocycles. The van der Waals surface area contributed by atoms with Crippen molar-refractivity contribution in [3.63, 3.8) is 0 Å². The monoisotopic (exact) mass is 371 g/mol. The van der Waals surface area contributed by atoms with E-state index in [0.717, 1.165) is 13.1 Å². The van der Waals surface area contributed by atoms with Crippen LogP contribution >= 0.6 is 23.2 Å². The van der Waals surface area contributed by atoms with E-state index in [4.69, 9.17) is 28.3 Å².